The van der Waals surface area contributed by atoms with Crippen molar-refractivity contribution in [2.45, 2.75) is 39.8 Å². The van der Waals surface area contributed by atoms with Crippen LogP contribution in [0.4, 0.5) is 0 Å². The number of aryl methyl sites for hydroxylation is 1. The summed E-state index contributed by atoms with van der Waals surface area (Å²) in [4.78, 5) is 0. The number of ether oxygens (including phenoxy) is 2. The van der Waals surface area contributed by atoms with E-state index in [1.807, 2.05) is 4.68 Å². The Labute approximate surface area is 109 Å². The summed E-state index contributed by atoms with van der Waals surface area (Å²) >= 11 is 0. The number of rotatable bonds is 9. The van der Waals surface area contributed by atoms with E-state index < -0.39 is 0 Å². The molecule has 0 unspecified atom stereocenters. The summed E-state index contributed by atoms with van der Waals surface area (Å²) in [5, 5.41) is 4.61. The molecule has 0 bridgehead atoms. The van der Waals surface area contributed by atoms with Crippen molar-refractivity contribution < 1.29 is 9.47 Å². The van der Waals surface area contributed by atoms with Crippen LogP contribution in [0.3, 0.4) is 0 Å². The third kappa shape index (κ3) is 3.80. The minimum atomic E-state index is 0.566. The molecule has 5 heteroatoms. The molecule has 0 atom stereocenters. The maximum Gasteiger partial charge on any atom is 0.0701 e. The van der Waals surface area contributed by atoms with Gasteiger partial charge in [-0.1, -0.05) is 13.8 Å². The Balaban J connectivity index is 2.61. The SMILES string of the molecule is CCc1nn(CCOCCOC)c(CC)c1CN. The highest BCUT2D eigenvalue weighted by molar-refractivity contribution is 5.26. The zero-order valence-corrected chi connectivity index (χ0v) is 11.7. The van der Waals surface area contributed by atoms with Gasteiger partial charge in [-0.2, -0.15) is 5.10 Å². The summed E-state index contributed by atoms with van der Waals surface area (Å²) in [7, 11) is 1.67. The Morgan fingerprint density at radius 1 is 1.17 bits per heavy atom. The topological polar surface area (TPSA) is 62.3 Å². The number of methoxy groups -OCH3 is 1. The van der Waals surface area contributed by atoms with Gasteiger partial charge >= 0.3 is 0 Å². The second-order valence-electron chi connectivity index (χ2n) is 4.11. The molecule has 2 N–H and O–H groups in total. The predicted octanol–water partition coefficient (Wildman–Crippen LogP) is 1.13. The fourth-order valence-electron chi connectivity index (χ4n) is 2.08. The van der Waals surface area contributed by atoms with Crippen molar-refractivity contribution in [3.05, 3.63) is 17.0 Å². The highest BCUT2D eigenvalue weighted by Gasteiger charge is 2.13. The van der Waals surface area contributed by atoms with Gasteiger partial charge in [-0.25, -0.2) is 0 Å². The highest BCUT2D eigenvalue weighted by atomic mass is 16.5. The first-order valence-electron chi connectivity index (χ1n) is 6.62. The maximum absolute atomic E-state index is 5.81. The Bertz CT molecular complexity index is 350. The standard InChI is InChI=1S/C13H25N3O2/c1-4-12-11(10-14)13(5-2)16(15-12)6-7-18-9-8-17-3/h4-10,14H2,1-3H3. The van der Waals surface area contributed by atoms with E-state index in [4.69, 9.17) is 15.2 Å². The minimum Gasteiger partial charge on any atom is -0.382 e. The molecule has 0 aliphatic carbocycles. The van der Waals surface area contributed by atoms with E-state index in [0.29, 0.717) is 26.4 Å². The van der Waals surface area contributed by atoms with Crippen LogP contribution < -0.4 is 5.73 Å². The average molecular weight is 255 g/mol. The quantitative estimate of drug-likeness (QED) is 0.672. The molecule has 0 spiro atoms. The van der Waals surface area contributed by atoms with Crippen LogP contribution in [0.25, 0.3) is 0 Å². The second kappa shape index (κ2) is 8.24. The third-order valence-corrected chi connectivity index (χ3v) is 3.00. The van der Waals surface area contributed by atoms with E-state index in [9.17, 15) is 0 Å². The Morgan fingerprint density at radius 3 is 2.50 bits per heavy atom. The van der Waals surface area contributed by atoms with Crippen LogP contribution in [-0.4, -0.2) is 36.7 Å². The smallest absolute Gasteiger partial charge is 0.0701 e. The van der Waals surface area contributed by atoms with Crippen molar-refractivity contribution in [2.75, 3.05) is 26.9 Å². The van der Waals surface area contributed by atoms with Crippen LogP contribution in [0.15, 0.2) is 0 Å². The van der Waals surface area contributed by atoms with Crippen LogP contribution >= 0.6 is 0 Å². The van der Waals surface area contributed by atoms with Crippen molar-refractivity contribution in [3.8, 4) is 0 Å². The molecule has 1 aromatic rings. The van der Waals surface area contributed by atoms with Crippen LogP contribution in [-0.2, 0) is 35.4 Å². The summed E-state index contributed by atoms with van der Waals surface area (Å²) < 4.78 is 12.4. The molecule has 0 saturated heterocycles. The van der Waals surface area contributed by atoms with Crippen LogP contribution in [0.1, 0.15) is 30.8 Å². The molecule has 0 radical (unpaired) electrons. The van der Waals surface area contributed by atoms with Gasteiger partial charge in [-0.05, 0) is 12.8 Å². The third-order valence-electron chi connectivity index (χ3n) is 3.00. The van der Waals surface area contributed by atoms with Gasteiger partial charge in [0.05, 0.1) is 32.1 Å². The molecule has 0 amide bonds. The van der Waals surface area contributed by atoms with Crippen molar-refractivity contribution in [1.82, 2.24) is 9.78 Å². The summed E-state index contributed by atoms with van der Waals surface area (Å²) in [5.74, 6) is 0. The number of aromatic nitrogens is 2. The highest BCUT2D eigenvalue weighted by Crippen LogP contribution is 2.15. The van der Waals surface area contributed by atoms with Gasteiger partial charge in [-0.15, -0.1) is 0 Å². The Morgan fingerprint density at radius 2 is 1.94 bits per heavy atom. The van der Waals surface area contributed by atoms with E-state index in [0.717, 1.165) is 25.1 Å². The molecule has 104 valence electrons. The van der Waals surface area contributed by atoms with E-state index in [-0.39, 0.29) is 0 Å². The monoisotopic (exact) mass is 255 g/mol. The normalized spacial score (nSPS) is 11.1. The van der Waals surface area contributed by atoms with Gasteiger partial charge in [0.2, 0.25) is 0 Å². The van der Waals surface area contributed by atoms with E-state index in [2.05, 4.69) is 18.9 Å². The number of nitrogens with zero attached hydrogens (tertiary/aromatic N) is 2. The van der Waals surface area contributed by atoms with Gasteiger partial charge < -0.3 is 15.2 Å². The second-order valence-corrected chi connectivity index (χ2v) is 4.11. The molecule has 1 aromatic heterocycles. The average Bonchev–Trinajstić information content (AvgIpc) is 2.75. The van der Waals surface area contributed by atoms with E-state index in [1.165, 1.54) is 11.3 Å². The first-order chi connectivity index (χ1) is 8.78. The Hall–Kier alpha value is -0.910. The largest absolute Gasteiger partial charge is 0.382 e. The first-order valence-corrected chi connectivity index (χ1v) is 6.62. The van der Waals surface area contributed by atoms with Gasteiger partial charge in [0.1, 0.15) is 0 Å². The van der Waals surface area contributed by atoms with Crippen LogP contribution in [0.2, 0.25) is 0 Å². The minimum absolute atomic E-state index is 0.566. The van der Waals surface area contributed by atoms with E-state index in [1.54, 1.807) is 7.11 Å². The van der Waals surface area contributed by atoms with Crippen molar-refractivity contribution in [3.63, 3.8) is 0 Å². The maximum atomic E-state index is 5.81. The lowest BCUT2D eigenvalue weighted by Crippen LogP contribution is -2.13. The molecule has 1 rings (SSSR count). The zero-order valence-electron chi connectivity index (χ0n) is 11.7. The van der Waals surface area contributed by atoms with Gasteiger partial charge in [0.15, 0.2) is 0 Å². The number of hydrogen-bond donors (Lipinski definition) is 1. The summed E-state index contributed by atoms with van der Waals surface area (Å²) in [6, 6.07) is 0. The lowest BCUT2D eigenvalue weighted by molar-refractivity contribution is 0.0651. The predicted molar refractivity (Wildman–Crippen MR) is 71.6 cm³/mol. The fraction of sp³-hybridized carbons (Fsp3) is 0.769. The molecule has 0 aliphatic rings. The molecule has 0 aromatic carbocycles. The van der Waals surface area contributed by atoms with E-state index >= 15 is 0 Å². The summed E-state index contributed by atoms with van der Waals surface area (Å²) in [6.45, 7) is 7.51. The first kappa shape index (κ1) is 15.1. The van der Waals surface area contributed by atoms with Crippen molar-refractivity contribution in [1.29, 1.82) is 0 Å². The zero-order chi connectivity index (χ0) is 13.4. The number of hydrogen-bond acceptors (Lipinski definition) is 4. The summed E-state index contributed by atoms with van der Waals surface area (Å²) in [6.07, 6.45) is 1.88. The van der Waals surface area contributed by atoms with Gasteiger partial charge in [0.25, 0.3) is 0 Å². The van der Waals surface area contributed by atoms with Crippen LogP contribution in [0, 0.1) is 0 Å². The van der Waals surface area contributed by atoms with Crippen LogP contribution in [0.5, 0.6) is 0 Å². The molecule has 0 aliphatic heterocycles. The summed E-state index contributed by atoms with van der Waals surface area (Å²) in [5.41, 5.74) is 9.37. The molecular formula is C13H25N3O2. The Kier molecular flexibility index (Phi) is 6.93. The number of nitrogens with two attached hydrogens (primary N) is 1. The van der Waals surface area contributed by atoms with Gasteiger partial charge in [0, 0.05) is 24.9 Å². The van der Waals surface area contributed by atoms with Crippen molar-refractivity contribution >= 4 is 0 Å². The molecule has 5 nitrogen and oxygen atoms in total. The van der Waals surface area contributed by atoms with Gasteiger partial charge in [-0.3, -0.25) is 4.68 Å². The molecule has 1 heterocycles. The fourth-order valence-corrected chi connectivity index (χ4v) is 2.08. The van der Waals surface area contributed by atoms with Crippen molar-refractivity contribution in [2.24, 2.45) is 5.73 Å². The lowest BCUT2D eigenvalue weighted by Gasteiger charge is -2.07. The molecule has 0 fully saturated rings. The molecule has 18 heavy (non-hydrogen) atoms. The molecular weight excluding hydrogens is 230 g/mol. The lowest BCUT2D eigenvalue weighted by atomic mass is 10.1. The molecule has 0 saturated carbocycles.